The number of hydrogen-bond acceptors (Lipinski definition) is 1. The number of rotatable bonds is 2. The van der Waals surface area contributed by atoms with Crippen LogP contribution in [0.4, 0.5) is 0 Å². The Morgan fingerprint density at radius 1 is 1.20 bits per heavy atom. The number of fused-ring (bicyclic) bond motifs is 1. The minimum atomic E-state index is 0.561. The largest absolute Gasteiger partial charge is 0.261 e. The summed E-state index contributed by atoms with van der Waals surface area (Å²) in [4.78, 5) is 4.54. The number of pyridine rings is 1. The fraction of sp³-hybridized carbons (Fsp3) is 0.643. The first-order valence-corrected chi connectivity index (χ1v) is 6.06. The van der Waals surface area contributed by atoms with Gasteiger partial charge < -0.3 is 0 Å². The Kier molecular flexibility index (Phi) is 2.81. The summed E-state index contributed by atoms with van der Waals surface area (Å²) in [6, 6.07) is 2.21. The second kappa shape index (κ2) is 3.96. The van der Waals surface area contributed by atoms with Gasteiger partial charge in [0.05, 0.1) is 0 Å². The van der Waals surface area contributed by atoms with E-state index in [1.54, 1.807) is 11.1 Å². The lowest BCUT2D eigenvalue weighted by Gasteiger charge is -2.13. The van der Waals surface area contributed by atoms with Crippen molar-refractivity contribution in [3.63, 3.8) is 0 Å². The van der Waals surface area contributed by atoms with Crippen LogP contribution < -0.4 is 0 Å². The first kappa shape index (κ1) is 10.7. The number of nitrogens with zero attached hydrogens (tertiary/aromatic N) is 1. The molecule has 0 amide bonds. The Bertz CT molecular complexity index is 352. The molecular formula is C14H21N. The van der Waals surface area contributed by atoms with Crippen LogP contribution in [0.5, 0.6) is 0 Å². The molecule has 1 aromatic heterocycles. The minimum absolute atomic E-state index is 0.561. The minimum Gasteiger partial charge on any atom is -0.261 e. The van der Waals surface area contributed by atoms with Crippen LogP contribution in [0.15, 0.2) is 12.3 Å². The van der Waals surface area contributed by atoms with Crippen LogP contribution in [-0.4, -0.2) is 4.98 Å². The monoisotopic (exact) mass is 203 g/mol. The number of hydrogen-bond donors (Lipinski definition) is 0. The smallest absolute Gasteiger partial charge is 0.0463 e. The second-order valence-electron chi connectivity index (χ2n) is 5.40. The molecule has 1 aromatic rings. The summed E-state index contributed by atoms with van der Waals surface area (Å²) in [7, 11) is 0. The van der Waals surface area contributed by atoms with Crippen molar-refractivity contribution in [2.75, 3.05) is 0 Å². The van der Waals surface area contributed by atoms with E-state index < -0.39 is 0 Å². The van der Waals surface area contributed by atoms with Crippen molar-refractivity contribution in [2.24, 2.45) is 11.8 Å². The van der Waals surface area contributed by atoms with Gasteiger partial charge >= 0.3 is 0 Å². The molecule has 15 heavy (non-hydrogen) atoms. The zero-order valence-electron chi connectivity index (χ0n) is 10.2. The predicted molar refractivity (Wildman–Crippen MR) is 64.1 cm³/mol. The normalized spacial score (nSPS) is 20.0. The maximum Gasteiger partial charge on any atom is 0.0463 e. The van der Waals surface area contributed by atoms with Crippen LogP contribution in [0.1, 0.15) is 50.4 Å². The van der Waals surface area contributed by atoms with Gasteiger partial charge in [-0.05, 0) is 47.8 Å². The van der Waals surface area contributed by atoms with Gasteiger partial charge in [-0.15, -0.1) is 0 Å². The van der Waals surface area contributed by atoms with Crippen molar-refractivity contribution in [1.29, 1.82) is 0 Å². The summed E-state index contributed by atoms with van der Waals surface area (Å²) in [6.45, 7) is 9.15. The van der Waals surface area contributed by atoms with Gasteiger partial charge in [-0.3, -0.25) is 4.98 Å². The molecule has 0 aromatic carbocycles. The predicted octanol–water partition coefficient (Wildman–Crippen LogP) is 3.58. The Morgan fingerprint density at radius 3 is 2.53 bits per heavy atom. The Hall–Kier alpha value is -0.850. The van der Waals surface area contributed by atoms with Crippen molar-refractivity contribution in [1.82, 2.24) is 4.98 Å². The highest BCUT2D eigenvalue weighted by Gasteiger charge is 2.26. The van der Waals surface area contributed by atoms with E-state index in [-0.39, 0.29) is 0 Å². The van der Waals surface area contributed by atoms with Gasteiger partial charge in [0.2, 0.25) is 0 Å². The quantitative estimate of drug-likeness (QED) is 0.716. The maximum absolute atomic E-state index is 4.54. The molecule has 1 atom stereocenters. The molecule has 0 spiro atoms. The molecule has 1 nitrogen and oxygen atoms in total. The molecule has 0 saturated heterocycles. The van der Waals surface area contributed by atoms with E-state index in [9.17, 15) is 0 Å². The van der Waals surface area contributed by atoms with E-state index in [0.717, 1.165) is 11.8 Å². The number of aromatic nitrogens is 1. The van der Waals surface area contributed by atoms with Crippen molar-refractivity contribution >= 4 is 0 Å². The molecule has 1 unspecified atom stereocenters. The lowest BCUT2D eigenvalue weighted by molar-refractivity contribution is 0.403. The molecule has 0 bridgehead atoms. The van der Waals surface area contributed by atoms with Gasteiger partial charge in [0, 0.05) is 11.9 Å². The van der Waals surface area contributed by atoms with Gasteiger partial charge in [-0.25, -0.2) is 0 Å². The zero-order chi connectivity index (χ0) is 11.0. The fourth-order valence-corrected chi connectivity index (χ4v) is 2.56. The molecule has 0 fully saturated rings. The van der Waals surface area contributed by atoms with E-state index in [1.807, 2.05) is 6.20 Å². The van der Waals surface area contributed by atoms with E-state index >= 15 is 0 Å². The molecule has 82 valence electrons. The highest BCUT2D eigenvalue weighted by molar-refractivity contribution is 5.36. The van der Waals surface area contributed by atoms with E-state index in [4.69, 9.17) is 0 Å². The third kappa shape index (κ3) is 1.92. The van der Waals surface area contributed by atoms with Crippen molar-refractivity contribution < 1.29 is 0 Å². The topological polar surface area (TPSA) is 12.9 Å². The standard InChI is InChI=1S/C14H21N/c1-9(2)12-7-11-5-6-15-14(10(3)4)13(11)8-12/h5-6,9-10,12H,7-8H2,1-4H3. The first-order chi connectivity index (χ1) is 7.09. The third-order valence-corrected chi connectivity index (χ3v) is 3.62. The molecule has 2 rings (SSSR count). The molecule has 1 aliphatic carbocycles. The van der Waals surface area contributed by atoms with E-state index in [2.05, 4.69) is 38.7 Å². The molecule has 0 aliphatic heterocycles. The lowest BCUT2D eigenvalue weighted by Crippen LogP contribution is -2.08. The second-order valence-corrected chi connectivity index (χ2v) is 5.40. The summed E-state index contributed by atoms with van der Waals surface area (Å²) < 4.78 is 0. The molecule has 0 N–H and O–H groups in total. The van der Waals surface area contributed by atoms with E-state index in [1.165, 1.54) is 18.5 Å². The molecule has 0 radical (unpaired) electrons. The highest BCUT2D eigenvalue weighted by atomic mass is 14.7. The highest BCUT2D eigenvalue weighted by Crippen LogP contribution is 2.34. The molecular weight excluding hydrogens is 182 g/mol. The van der Waals surface area contributed by atoms with Crippen LogP contribution in [0.25, 0.3) is 0 Å². The summed E-state index contributed by atoms with van der Waals surface area (Å²) >= 11 is 0. The average Bonchev–Trinajstić information content (AvgIpc) is 2.60. The van der Waals surface area contributed by atoms with Crippen LogP contribution in [0.3, 0.4) is 0 Å². The fourth-order valence-electron chi connectivity index (χ4n) is 2.56. The average molecular weight is 203 g/mol. The van der Waals surface area contributed by atoms with Gasteiger partial charge in [-0.2, -0.15) is 0 Å². The van der Waals surface area contributed by atoms with Gasteiger partial charge in [0.1, 0.15) is 0 Å². The van der Waals surface area contributed by atoms with Gasteiger partial charge in [0.15, 0.2) is 0 Å². The van der Waals surface area contributed by atoms with Gasteiger partial charge in [-0.1, -0.05) is 27.7 Å². The summed E-state index contributed by atoms with van der Waals surface area (Å²) in [5, 5.41) is 0. The van der Waals surface area contributed by atoms with Crippen molar-refractivity contribution in [3.05, 3.63) is 29.1 Å². The maximum atomic E-state index is 4.54. The molecule has 1 heterocycles. The molecule has 1 aliphatic rings. The van der Waals surface area contributed by atoms with Crippen LogP contribution in [0.2, 0.25) is 0 Å². The SMILES string of the molecule is CC(C)c1nccc2c1CC(C(C)C)C2. The lowest BCUT2D eigenvalue weighted by atomic mass is 9.92. The summed E-state index contributed by atoms with van der Waals surface area (Å²) in [6.07, 6.45) is 4.49. The van der Waals surface area contributed by atoms with Crippen molar-refractivity contribution in [2.45, 2.75) is 46.5 Å². The first-order valence-electron chi connectivity index (χ1n) is 6.06. The van der Waals surface area contributed by atoms with Crippen LogP contribution in [0, 0.1) is 11.8 Å². The van der Waals surface area contributed by atoms with Crippen LogP contribution >= 0.6 is 0 Å². The summed E-state index contributed by atoms with van der Waals surface area (Å²) in [5.74, 6) is 2.19. The van der Waals surface area contributed by atoms with Crippen molar-refractivity contribution in [3.8, 4) is 0 Å². The summed E-state index contributed by atoms with van der Waals surface area (Å²) in [5.41, 5.74) is 4.43. The molecule has 0 saturated carbocycles. The third-order valence-electron chi connectivity index (χ3n) is 3.62. The Labute approximate surface area is 92.9 Å². The zero-order valence-corrected chi connectivity index (χ0v) is 10.2. The van der Waals surface area contributed by atoms with Gasteiger partial charge in [0.25, 0.3) is 0 Å². The van der Waals surface area contributed by atoms with Crippen LogP contribution in [-0.2, 0) is 12.8 Å². The Balaban J connectivity index is 2.33. The Morgan fingerprint density at radius 2 is 1.93 bits per heavy atom. The molecule has 1 heteroatoms. The van der Waals surface area contributed by atoms with E-state index in [0.29, 0.717) is 5.92 Å².